The molecule has 0 bridgehead atoms. The third-order valence-corrected chi connectivity index (χ3v) is 2.24. The Morgan fingerprint density at radius 2 is 2.36 bits per heavy atom. The lowest BCUT2D eigenvalue weighted by Crippen LogP contribution is -2.56. The van der Waals surface area contributed by atoms with Crippen LogP contribution in [0.1, 0.15) is 20.3 Å². The molecule has 0 saturated carbocycles. The number of nitrogens with zero attached hydrogens (tertiary/aromatic N) is 1. The zero-order chi connectivity index (χ0) is 8.43. The van der Waals surface area contributed by atoms with Crippen molar-refractivity contribution in [1.29, 1.82) is 0 Å². The third kappa shape index (κ3) is 1.53. The van der Waals surface area contributed by atoms with Gasteiger partial charge in [0.15, 0.2) is 0 Å². The van der Waals surface area contributed by atoms with Crippen molar-refractivity contribution in [3.8, 4) is 0 Å². The first-order valence-electron chi connectivity index (χ1n) is 4.16. The van der Waals surface area contributed by atoms with Crippen LogP contribution in [0.3, 0.4) is 0 Å². The minimum atomic E-state index is 0.258. The average molecular weight is 156 g/mol. The van der Waals surface area contributed by atoms with E-state index in [4.69, 9.17) is 5.73 Å². The molecule has 1 atom stereocenters. The third-order valence-electron chi connectivity index (χ3n) is 2.24. The second-order valence-corrected chi connectivity index (χ2v) is 3.39. The molecule has 1 aliphatic rings. The number of amides is 1. The van der Waals surface area contributed by atoms with Crippen LogP contribution < -0.4 is 5.73 Å². The quantitative estimate of drug-likeness (QED) is 0.593. The Labute approximate surface area is 67.5 Å². The lowest BCUT2D eigenvalue weighted by molar-refractivity contribution is -0.147. The monoisotopic (exact) mass is 156 g/mol. The number of hydrogen-bond donors (Lipinski definition) is 1. The Hall–Kier alpha value is -0.570. The van der Waals surface area contributed by atoms with Gasteiger partial charge in [0.25, 0.3) is 0 Å². The summed E-state index contributed by atoms with van der Waals surface area (Å²) in [4.78, 5) is 12.9. The molecule has 0 aliphatic carbocycles. The highest BCUT2D eigenvalue weighted by Gasteiger charge is 2.36. The summed E-state index contributed by atoms with van der Waals surface area (Å²) in [5.74, 6) is 0.827. The van der Waals surface area contributed by atoms with Gasteiger partial charge in [-0.3, -0.25) is 4.79 Å². The summed E-state index contributed by atoms with van der Waals surface area (Å²) in [6.07, 6.45) is 0.720. The van der Waals surface area contributed by atoms with E-state index in [1.807, 2.05) is 4.90 Å². The first-order chi connectivity index (χ1) is 5.16. The zero-order valence-electron chi connectivity index (χ0n) is 7.21. The minimum absolute atomic E-state index is 0.258. The van der Waals surface area contributed by atoms with Crippen molar-refractivity contribution >= 4 is 5.91 Å². The average Bonchev–Trinajstić information content (AvgIpc) is 1.95. The molecular weight excluding hydrogens is 140 g/mol. The van der Waals surface area contributed by atoms with E-state index in [0.717, 1.165) is 13.0 Å². The van der Waals surface area contributed by atoms with Crippen molar-refractivity contribution < 1.29 is 4.79 Å². The molecular formula is C8H16N2O. The standard InChI is InChI=1S/C8H16N2O/c1-6(2)7-5-8(11)10(7)4-3-9/h6-7H,3-5,9H2,1-2H3. The number of carbonyl (C=O) groups is 1. The molecule has 64 valence electrons. The van der Waals surface area contributed by atoms with E-state index in [1.165, 1.54) is 0 Å². The Balaban J connectivity index is 2.41. The Bertz CT molecular complexity index is 156. The number of nitrogens with two attached hydrogens (primary N) is 1. The van der Waals surface area contributed by atoms with Crippen molar-refractivity contribution in [3.63, 3.8) is 0 Å². The predicted octanol–water partition coefficient (Wildman–Crippen LogP) is 0.202. The van der Waals surface area contributed by atoms with Crippen LogP contribution in [0.5, 0.6) is 0 Å². The molecule has 2 N–H and O–H groups in total. The molecule has 1 fully saturated rings. The fourth-order valence-electron chi connectivity index (χ4n) is 1.50. The molecule has 1 aliphatic heterocycles. The highest BCUT2D eigenvalue weighted by atomic mass is 16.2. The second kappa shape index (κ2) is 3.22. The van der Waals surface area contributed by atoms with E-state index in [1.54, 1.807) is 0 Å². The van der Waals surface area contributed by atoms with E-state index in [-0.39, 0.29) is 5.91 Å². The summed E-state index contributed by atoms with van der Waals surface area (Å²) in [6.45, 7) is 5.58. The molecule has 1 amide bonds. The van der Waals surface area contributed by atoms with Gasteiger partial charge in [0, 0.05) is 25.6 Å². The zero-order valence-corrected chi connectivity index (χ0v) is 7.21. The Kier molecular flexibility index (Phi) is 2.49. The second-order valence-electron chi connectivity index (χ2n) is 3.39. The lowest BCUT2D eigenvalue weighted by atomic mass is 9.91. The summed E-state index contributed by atoms with van der Waals surface area (Å²) in [5, 5.41) is 0. The van der Waals surface area contributed by atoms with Crippen LogP contribution in [-0.2, 0) is 4.79 Å². The first-order valence-corrected chi connectivity index (χ1v) is 4.16. The molecule has 1 saturated heterocycles. The lowest BCUT2D eigenvalue weighted by Gasteiger charge is -2.42. The van der Waals surface area contributed by atoms with E-state index in [0.29, 0.717) is 18.5 Å². The number of hydrogen-bond acceptors (Lipinski definition) is 2. The molecule has 0 aromatic carbocycles. The van der Waals surface area contributed by atoms with Crippen molar-refractivity contribution in [1.82, 2.24) is 4.90 Å². The van der Waals surface area contributed by atoms with Crippen molar-refractivity contribution in [2.45, 2.75) is 26.3 Å². The molecule has 0 radical (unpaired) electrons. The fraction of sp³-hybridized carbons (Fsp3) is 0.875. The van der Waals surface area contributed by atoms with E-state index >= 15 is 0 Å². The van der Waals surface area contributed by atoms with Crippen LogP contribution in [0.4, 0.5) is 0 Å². The summed E-state index contributed by atoms with van der Waals surface area (Å²) >= 11 is 0. The summed E-state index contributed by atoms with van der Waals surface area (Å²) in [5.41, 5.74) is 5.37. The van der Waals surface area contributed by atoms with Crippen molar-refractivity contribution in [2.24, 2.45) is 11.7 Å². The van der Waals surface area contributed by atoms with Gasteiger partial charge in [-0.15, -0.1) is 0 Å². The number of likely N-dealkylation sites (tertiary alicyclic amines) is 1. The van der Waals surface area contributed by atoms with Crippen LogP contribution in [-0.4, -0.2) is 29.9 Å². The molecule has 1 rings (SSSR count). The van der Waals surface area contributed by atoms with Crippen LogP contribution in [0, 0.1) is 5.92 Å². The number of rotatable bonds is 3. The topological polar surface area (TPSA) is 46.3 Å². The van der Waals surface area contributed by atoms with E-state index in [9.17, 15) is 4.79 Å². The first kappa shape index (κ1) is 8.53. The fourth-order valence-corrected chi connectivity index (χ4v) is 1.50. The van der Waals surface area contributed by atoms with Gasteiger partial charge in [0.2, 0.25) is 5.91 Å². The van der Waals surface area contributed by atoms with Crippen LogP contribution in [0.25, 0.3) is 0 Å². The highest BCUT2D eigenvalue weighted by Crippen LogP contribution is 2.24. The highest BCUT2D eigenvalue weighted by molar-refractivity contribution is 5.83. The summed E-state index contributed by atoms with van der Waals surface area (Å²) < 4.78 is 0. The summed E-state index contributed by atoms with van der Waals surface area (Å²) in [7, 11) is 0. The minimum Gasteiger partial charge on any atom is -0.338 e. The van der Waals surface area contributed by atoms with Gasteiger partial charge in [-0.2, -0.15) is 0 Å². The molecule has 11 heavy (non-hydrogen) atoms. The normalized spacial score (nSPS) is 24.2. The Morgan fingerprint density at radius 3 is 2.73 bits per heavy atom. The SMILES string of the molecule is CC(C)C1CC(=O)N1CCN. The van der Waals surface area contributed by atoms with Gasteiger partial charge < -0.3 is 10.6 Å². The Morgan fingerprint density at radius 1 is 1.73 bits per heavy atom. The van der Waals surface area contributed by atoms with Gasteiger partial charge in [0.05, 0.1) is 0 Å². The van der Waals surface area contributed by atoms with Crippen LogP contribution in [0.2, 0.25) is 0 Å². The molecule has 0 aromatic heterocycles. The predicted molar refractivity (Wildman–Crippen MR) is 44.0 cm³/mol. The maximum Gasteiger partial charge on any atom is 0.224 e. The maximum atomic E-state index is 11.0. The van der Waals surface area contributed by atoms with E-state index in [2.05, 4.69) is 13.8 Å². The van der Waals surface area contributed by atoms with Gasteiger partial charge >= 0.3 is 0 Å². The summed E-state index contributed by atoms with van der Waals surface area (Å²) in [6, 6.07) is 0.450. The van der Waals surface area contributed by atoms with Crippen molar-refractivity contribution in [2.75, 3.05) is 13.1 Å². The molecule has 3 nitrogen and oxygen atoms in total. The van der Waals surface area contributed by atoms with Crippen molar-refractivity contribution in [3.05, 3.63) is 0 Å². The maximum absolute atomic E-state index is 11.0. The largest absolute Gasteiger partial charge is 0.338 e. The van der Waals surface area contributed by atoms with E-state index < -0.39 is 0 Å². The van der Waals surface area contributed by atoms with Gasteiger partial charge in [-0.25, -0.2) is 0 Å². The van der Waals surface area contributed by atoms with Crippen LogP contribution in [0.15, 0.2) is 0 Å². The molecule has 0 aromatic rings. The van der Waals surface area contributed by atoms with Gasteiger partial charge in [-0.05, 0) is 5.92 Å². The van der Waals surface area contributed by atoms with Gasteiger partial charge in [-0.1, -0.05) is 13.8 Å². The number of β-lactam (4-membered cyclic amide) rings is 1. The van der Waals surface area contributed by atoms with Crippen LogP contribution >= 0.6 is 0 Å². The number of carbonyl (C=O) groups excluding carboxylic acids is 1. The molecule has 1 unspecified atom stereocenters. The molecule has 1 heterocycles. The van der Waals surface area contributed by atoms with Gasteiger partial charge in [0.1, 0.15) is 0 Å². The molecule has 0 spiro atoms. The smallest absolute Gasteiger partial charge is 0.224 e. The molecule has 3 heteroatoms.